The minimum atomic E-state index is -3.58. The SMILES string of the molecule is COC(=O)N1CCN(S(=O)(=O)c2ccc(Br)cc2Br)CC1. The molecule has 0 atom stereocenters. The maximum Gasteiger partial charge on any atom is 0.409 e. The fourth-order valence-corrected chi connectivity index (χ4v) is 5.19. The molecule has 21 heavy (non-hydrogen) atoms. The Bertz CT molecular complexity index is 643. The molecule has 0 N–H and O–H groups in total. The third-order valence-electron chi connectivity index (χ3n) is 3.18. The maximum absolute atomic E-state index is 12.6. The third kappa shape index (κ3) is 3.58. The van der Waals surface area contributed by atoms with E-state index in [9.17, 15) is 13.2 Å². The monoisotopic (exact) mass is 440 g/mol. The molecule has 0 radical (unpaired) electrons. The van der Waals surface area contributed by atoms with Crippen LogP contribution in [0.15, 0.2) is 32.0 Å². The van der Waals surface area contributed by atoms with Gasteiger partial charge in [-0.1, -0.05) is 15.9 Å². The molecule has 1 heterocycles. The highest BCUT2D eigenvalue weighted by Crippen LogP contribution is 2.28. The smallest absolute Gasteiger partial charge is 0.409 e. The summed E-state index contributed by atoms with van der Waals surface area (Å²) in [5.41, 5.74) is 0. The van der Waals surface area contributed by atoms with E-state index in [0.29, 0.717) is 17.6 Å². The lowest BCUT2D eigenvalue weighted by Crippen LogP contribution is -2.50. The van der Waals surface area contributed by atoms with Crippen molar-refractivity contribution in [3.63, 3.8) is 0 Å². The number of rotatable bonds is 2. The number of carbonyl (C=O) groups is 1. The highest BCUT2D eigenvalue weighted by Gasteiger charge is 2.31. The first kappa shape index (κ1) is 16.7. The Kier molecular flexibility index (Phi) is 5.29. The summed E-state index contributed by atoms with van der Waals surface area (Å²) in [4.78, 5) is 13.1. The summed E-state index contributed by atoms with van der Waals surface area (Å²) in [5.74, 6) is 0. The van der Waals surface area contributed by atoms with Crippen molar-refractivity contribution in [2.75, 3.05) is 33.3 Å². The van der Waals surface area contributed by atoms with Crippen molar-refractivity contribution in [1.82, 2.24) is 9.21 Å². The molecule has 6 nitrogen and oxygen atoms in total. The molecule has 1 aromatic rings. The molecular weight excluding hydrogens is 428 g/mol. The van der Waals surface area contributed by atoms with Crippen LogP contribution in [0, 0.1) is 0 Å². The third-order valence-corrected chi connectivity index (χ3v) is 6.55. The number of benzene rings is 1. The molecule has 1 amide bonds. The van der Waals surface area contributed by atoms with Crippen molar-refractivity contribution < 1.29 is 17.9 Å². The van der Waals surface area contributed by atoms with Gasteiger partial charge in [0, 0.05) is 35.1 Å². The molecule has 0 saturated carbocycles. The molecule has 1 aliphatic rings. The van der Waals surface area contributed by atoms with Crippen LogP contribution < -0.4 is 0 Å². The first-order valence-corrected chi connectivity index (χ1v) is 9.17. The van der Waals surface area contributed by atoms with Crippen LogP contribution in [0.4, 0.5) is 4.79 Å². The highest BCUT2D eigenvalue weighted by atomic mass is 79.9. The molecule has 0 aliphatic carbocycles. The highest BCUT2D eigenvalue weighted by molar-refractivity contribution is 9.11. The number of hydrogen-bond acceptors (Lipinski definition) is 4. The number of nitrogens with zero attached hydrogens (tertiary/aromatic N) is 2. The minimum absolute atomic E-state index is 0.220. The summed E-state index contributed by atoms with van der Waals surface area (Å²) in [6.45, 7) is 1.14. The predicted molar refractivity (Wildman–Crippen MR) is 84.6 cm³/mol. The second-order valence-corrected chi connectivity index (χ2v) is 8.11. The number of carbonyl (C=O) groups excluding carboxylic acids is 1. The molecule has 1 aliphatic heterocycles. The summed E-state index contributed by atoms with van der Waals surface area (Å²) >= 11 is 6.57. The Labute approximate surface area is 140 Å². The van der Waals surface area contributed by atoms with Crippen molar-refractivity contribution in [3.8, 4) is 0 Å². The second-order valence-electron chi connectivity index (χ2n) is 4.44. The van der Waals surface area contributed by atoms with Gasteiger partial charge < -0.3 is 9.64 Å². The molecule has 0 unspecified atom stereocenters. The van der Waals surface area contributed by atoms with Gasteiger partial charge in [0.2, 0.25) is 10.0 Å². The Balaban J connectivity index is 2.17. The van der Waals surface area contributed by atoms with Gasteiger partial charge in [0.25, 0.3) is 0 Å². The average Bonchev–Trinajstić information content (AvgIpc) is 2.46. The number of methoxy groups -OCH3 is 1. The lowest BCUT2D eigenvalue weighted by atomic mass is 10.4. The summed E-state index contributed by atoms with van der Waals surface area (Å²) in [7, 11) is -2.27. The number of sulfonamides is 1. The quantitative estimate of drug-likeness (QED) is 0.706. The number of ether oxygens (including phenoxy) is 1. The van der Waals surface area contributed by atoms with E-state index >= 15 is 0 Å². The Morgan fingerprint density at radius 2 is 1.81 bits per heavy atom. The second kappa shape index (κ2) is 6.64. The summed E-state index contributed by atoms with van der Waals surface area (Å²) in [6.07, 6.45) is -0.433. The van der Waals surface area contributed by atoms with Gasteiger partial charge in [-0.25, -0.2) is 13.2 Å². The zero-order valence-corrected chi connectivity index (χ0v) is 15.2. The zero-order valence-electron chi connectivity index (χ0n) is 11.3. The van der Waals surface area contributed by atoms with E-state index in [0.717, 1.165) is 4.47 Å². The van der Waals surface area contributed by atoms with Crippen LogP contribution in [0.2, 0.25) is 0 Å². The van der Waals surface area contributed by atoms with E-state index in [4.69, 9.17) is 0 Å². The summed E-state index contributed by atoms with van der Waals surface area (Å²) < 4.78 is 32.5. The number of piperazine rings is 1. The Morgan fingerprint density at radius 3 is 2.33 bits per heavy atom. The van der Waals surface area contributed by atoms with Crippen LogP contribution >= 0.6 is 31.9 Å². The maximum atomic E-state index is 12.6. The van der Waals surface area contributed by atoms with Gasteiger partial charge >= 0.3 is 6.09 Å². The largest absolute Gasteiger partial charge is 0.453 e. The molecule has 1 saturated heterocycles. The number of amides is 1. The van der Waals surface area contributed by atoms with Crippen LogP contribution in [-0.4, -0.2) is 57.0 Å². The molecule has 1 fully saturated rings. The van der Waals surface area contributed by atoms with Gasteiger partial charge in [0.1, 0.15) is 0 Å². The van der Waals surface area contributed by atoms with Gasteiger partial charge in [-0.3, -0.25) is 0 Å². The fraction of sp³-hybridized carbons (Fsp3) is 0.417. The first-order valence-electron chi connectivity index (χ1n) is 6.14. The van der Waals surface area contributed by atoms with E-state index in [-0.39, 0.29) is 18.0 Å². The lowest BCUT2D eigenvalue weighted by Gasteiger charge is -2.33. The van der Waals surface area contributed by atoms with Gasteiger partial charge in [0.05, 0.1) is 12.0 Å². The molecule has 2 rings (SSSR count). The van der Waals surface area contributed by atoms with Crippen LogP contribution in [0.5, 0.6) is 0 Å². The first-order chi connectivity index (χ1) is 9.86. The molecule has 0 spiro atoms. The van der Waals surface area contributed by atoms with Gasteiger partial charge in [-0.2, -0.15) is 4.31 Å². The predicted octanol–water partition coefficient (Wildman–Crippen LogP) is 2.28. The standard InChI is InChI=1S/C12H14Br2N2O4S/c1-20-12(17)15-4-6-16(7-5-15)21(18,19)11-3-2-9(13)8-10(11)14/h2-3,8H,4-7H2,1H3. The van der Waals surface area contributed by atoms with Crippen LogP contribution in [0.25, 0.3) is 0 Å². The minimum Gasteiger partial charge on any atom is -0.453 e. The molecular formula is C12H14Br2N2O4S. The molecule has 9 heteroatoms. The molecule has 1 aromatic carbocycles. The van der Waals surface area contributed by atoms with Crippen LogP contribution in [0.3, 0.4) is 0 Å². The van der Waals surface area contributed by atoms with Gasteiger partial charge in [-0.05, 0) is 34.1 Å². The van der Waals surface area contributed by atoms with Crippen LogP contribution in [0.1, 0.15) is 0 Å². The van der Waals surface area contributed by atoms with Crippen molar-refractivity contribution in [2.24, 2.45) is 0 Å². The van der Waals surface area contributed by atoms with Crippen molar-refractivity contribution in [3.05, 3.63) is 27.1 Å². The van der Waals surface area contributed by atoms with Crippen molar-refractivity contribution in [1.29, 1.82) is 0 Å². The lowest BCUT2D eigenvalue weighted by molar-refractivity contribution is 0.108. The average molecular weight is 442 g/mol. The topological polar surface area (TPSA) is 66.9 Å². The fourth-order valence-electron chi connectivity index (χ4n) is 2.06. The van der Waals surface area contributed by atoms with Crippen LogP contribution in [-0.2, 0) is 14.8 Å². The molecule has 0 aromatic heterocycles. The van der Waals surface area contributed by atoms with Crippen molar-refractivity contribution in [2.45, 2.75) is 4.90 Å². The van der Waals surface area contributed by atoms with E-state index in [1.165, 1.54) is 16.3 Å². The summed E-state index contributed by atoms with van der Waals surface area (Å²) in [5, 5.41) is 0. The Morgan fingerprint density at radius 1 is 1.19 bits per heavy atom. The zero-order chi connectivity index (χ0) is 15.6. The normalized spacial score (nSPS) is 16.8. The Hall–Kier alpha value is -0.640. The van der Waals surface area contributed by atoms with Gasteiger partial charge in [0.15, 0.2) is 0 Å². The van der Waals surface area contributed by atoms with E-state index in [2.05, 4.69) is 36.6 Å². The molecule has 0 bridgehead atoms. The van der Waals surface area contributed by atoms with E-state index in [1.807, 2.05) is 0 Å². The number of halogens is 2. The van der Waals surface area contributed by atoms with Gasteiger partial charge in [-0.15, -0.1) is 0 Å². The number of hydrogen-bond donors (Lipinski definition) is 0. The van der Waals surface area contributed by atoms with E-state index in [1.54, 1.807) is 18.2 Å². The molecule has 116 valence electrons. The summed E-state index contributed by atoms with van der Waals surface area (Å²) in [6, 6.07) is 4.93. The van der Waals surface area contributed by atoms with E-state index < -0.39 is 16.1 Å². The van der Waals surface area contributed by atoms with Crippen molar-refractivity contribution >= 4 is 48.0 Å².